The molecule has 6 heteroatoms. The average Bonchev–Trinajstić information content (AvgIpc) is 3.14. The number of carbonyl (C=O) groups excluding carboxylic acids is 1. The van der Waals surface area contributed by atoms with E-state index in [1.54, 1.807) is 0 Å². The molecule has 1 fully saturated rings. The van der Waals surface area contributed by atoms with Gasteiger partial charge in [0.2, 0.25) is 11.8 Å². The molecule has 1 heterocycles. The summed E-state index contributed by atoms with van der Waals surface area (Å²) in [7, 11) is 1.98. The number of nitrogens with zero attached hydrogens (tertiary/aromatic N) is 2. The molecule has 5 nitrogen and oxygen atoms in total. The van der Waals surface area contributed by atoms with Gasteiger partial charge in [-0.2, -0.15) is 0 Å². The predicted molar refractivity (Wildman–Crippen MR) is 113 cm³/mol. The number of rotatable bonds is 10. The summed E-state index contributed by atoms with van der Waals surface area (Å²) in [5.74, 6) is 1.28. The first-order valence-electron chi connectivity index (χ1n) is 10.8. The number of carbonyl (C=O) groups is 1. The number of oxazole rings is 1. The molecule has 0 aromatic carbocycles. The van der Waals surface area contributed by atoms with E-state index in [-0.39, 0.29) is 5.78 Å². The molecule has 1 aliphatic carbocycles. The van der Waals surface area contributed by atoms with Gasteiger partial charge < -0.3 is 13.7 Å². The molecule has 0 radical (unpaired) electrons. The van der Waals surface area contributed by atoms with Gasteiger partial charge >= 0.3 is 0 Å². The van der Waals surface area contributed by atoms with Crippen LogP contribution in [0.5, 0.6) is 0 Å². The predicted octanol–water partition coefficient (Wildman–Crippen LogP) is 5.90. The number of aromatic nitrogens is 1. The maximum atomic E-state index is 12.6. The van der Waals surface area contributed by atoms with Gasteiger partial charge in [0.1, 0.15) is 5.60 Å². The quantitative estimate of drug-likeness (QED) is 0.365. The molecule has 0 bridgehead atoms. The maximum Gasteiger partial charge on any atom is 0.228 e. The van der Waals surface area contributed by atoms with Crippen molar-refractivity contribution in [1.29, 1.82) is 0 Å². The zero-order chi connectivity index (χ0) is 20.1. The van der Waals surface area contributed by atoms with Crippen molar-refractivity contribution in [2.45, 2.75) is 96.4 Å². The molecule has 27 heavy (non-hydrogen) atoms. The molecule has 154 valence electrons. The first-order valence-corrected chi connectivity index (χ1v) is 13.3. The van der Waals surface area contributed by atoms with Gasteiger partial charge in [-0.3, -0.25) is 4.79 Å². The molecular weight excluding hydrogens is 356 g/mol. The van der Waals surface area contributed by atoms with E-state index in [0.29, 0.717) is 23.9 Å². The third-order valence-electron chi connectivity index (χ3n) is 6.15. The first kappa shape index (κ1) is 22.1. The van der Waals surface area contributed by atoms with Crippen molar-refractivity contribution < 1.29 is 13.6 Å². The lowest BCUT2D eigenvalue weighted by Gasteiger charge is -2.42. The Morgan fingerprint density at radius 3 is 2.19 bits per heavy atom. The summed E-state index contributed by atoms with van der Waals surface area (Å²) in [6, 6.07) is 3.31. The highest BCUT2D eigenvalue weighted by atomic mass is 28.4. The van der Waals surface area contributed by atoms with Crippen LogP contribution in [0.4, 0.5) is 5.88 Å². The van der Waals surface area contributed by atoms with Crippen LogP contribution in [0.3, 0.4) is 0 Å². The molecule has 1 aromatic heterocycles. The van der Waals surface area contributed by atoms with E-state index in [0.717, 1.165) is 50.2 Å². The van der Waals surface area contributed by atoms with Crippen molar-refractivity contribution in [1.82, 2.24) is 4.98 Å². The minimum absolute atomic E-state index is 0.0622. The number of anilines is 1. The van der Waals surface area contributed by atoms with Crippen molar-refractivity contribution in [3.8, 4) is 0 Å². The first-order chi connectivity index (χ1) is 12.9. The second-order valence-electron chi connectivity index (χ2n) is 8.14. The van der Waals surface area contributed by atoms with E-state index >= 15 is 0 Å². The number of hydrogen-bond acceptors (Lipinski definition) is 5. The molecule has 0 atom stereocenters. The fourth-order valence-electron chi connectivity index (χ4n) is 4.20. The van der Waals surface area contributed by atoms with E-state index in [1.165, 1.54) is 6.42 Å². The second kappa shape index (κ2) is 9.37. The normalized spacial score (nSPS) is 17.1. The Balaban J connectivity index is 2.50. The Labute approximate surface area is 166 Å². The molecule has 0 saturated heterocycles. The number of Topliss-reactive ketones (excluding diaryl/α,β-unsaturated/α-hetero) is 1. The lowest BCUT2D eigenvalue weighted by atomic mass is 9.85. The van der Waals surface area contributed by atoms with Crippen LogP contribution in [-0.4, -0.2) is 33.2 Å². The Morgan fingerprint density at radius 1 is 1.11 bits per heavy atom. The van der Waals surface area contributed by atoms with Crippen molar-refractivity contribution in [3.05, 3.63) is 11.6 Å². The summed E-state index contributed by atoms with van der Waals surface area (Å²) in [5.41, 5.74) is 0.0179. The van der Waals surface area contributed by atoms with Crippen molar-refractivity contribution >= 4 is 20.0 Å². The SMILES string of the molecule is CCCC(=O)c1nc(C2(O[Si](CC)(CC)CC)CCCCC2)oc1N(C)C. The molecule has 0 N–H and O–H groups in total. The lowest BCUT2D eigenvalue weighted by molar-refractivity contribution is -0.00942. The zero-order valence-electron chi connectivity index (χ0n) is 18.2. The van der Waals surface area contributed by atoms with Gasteiger partial charge in [0.05, 0.1) is 0 Å². The van der Waals surface area contributed by atoms with Crippen molar-refractivity contribution in [2.24, 2.45) is 0 Å². The molecule has 1 aromatic rings. The van der Waals surface area contributed by atoms with Gasteiger partial charge in [-0.05, 0) is 37.4 Å². The van der Waals surface area contributed by atoms with Gasteiger partial charge in [-0.15, -0.1) is 0 Å². The molecule has 2 rings (SSSR count). The lowest BCUT2D eigenvalue weighted by Crippen LogP contribution is -2.47. The Kier molecular flexibility index (Phi) is 7.69. The number of ketones is 1. The summed E-state index contributed by atoms with van der Waals surface area (Å²) >= 11 is 0. The minimum Gasteiger partial charge on any atom is -0.421 e. The van der Waals surface area contributed by atoms with E-state index in [9.17, 15) is 4.79 Å². The average molecular weight is 395 g/mol. The Hall–Kier alpha value is -1.14. The Bertz CT molecular complexity index is 609. The van der Waals surface area contributed by atoms with Crippen LogP contribution in [0.15, 0.2) is 4.42 Å². The van der Waals surface area contributed by atoms with Gasteiger partial charge in [-0.25, -0.2) is 4.98 Å². The van der Waals surface area contributed by atoms with Crippen LogP contribution in [0.25, 0.3) is 0 Å². The van der Waals surface area contributed by atoms with Crippen molar-refractivity contribution in [2.75, 3.05) is 19.0 Å². The van der Waals surface area contributed by atoms with E-state index in [4.69, 9.17) is 13.8 Å². The molecule has 0 spiro atoms. The third-order valence-corrected chi connectivity index (χ3v) is 10.8. The summed E-state index contributed by atoms with van der Waals surface area (Å²) < 4.78 is 13.3. The van der Waals surface area contributed by atoms with Crippen LogP contribution in [0.2, 0.25) is 18.1 Å². The van der Waals surface area contributed by atoms with Gasteiger partial charge in [0, 0.05) is 20.5 Å². The maximum absolute atomic E-state index is 12.6. The van der Waals surface area contributed by atoms with Crippen molar-refractivity contribution in [3.63, 3.8) is 0 Å². The van der Waals surface area contributed by atoms with Crippen LogP contribution in [-0.2, 0) is 10.0 Å². The van der Waals surface area contributed by atoms with E-state index < -0.39 is 13.9 Å². The molecule has 1 saturated carbocycles. The third kappa shape index (κ3) is 4.65. The van der Waals surface area contributed by atoms with Gasteiger partial charge in [0.15, 0.2) is 19.8 Å². The molecule has 0 aliphatic heterocycles. The summed E-state index contributed by atoms with van der Waals surface area (Å²) in [4.78, 5) is 19.3. The van der Waals surface area contributed by atoms with Crippen LogP contribution in [0, 0.1) is 0 Å². The second-order valence-corrected chi connectivity index (χ2v) is 12.8. The van der Waals surface area contributed by atoms with Gasteiger partial charge in [-0.1, -0.05) is 47.0 Å². The summed E-state index contributed by atoms with van der Waals surface area (Å²) in [6.07, 6.45) is 6.67. The molecular formula is C21H38N2O3Si. The van der Waals surface area contributed by atoms with Gasteiger partial charge in [0.25, 0.3) is 0 Å². The standard InChI is InChI=1S/C21H38N2O3Si/c1-7-14-17(24)18-19(23(5)6)25-20(22-18)21(15-12-11-13-16-21)26-27(8-2,9-3)10-4/h7-16H2,1-6H3. The molecule has 0 amide bonds. The fourth-order valence-corrected chi connectivity index (χ4v) is 7.25. The fraction of sp³-hybridized carbons (Fsp3) is 0.810. The van der Waals surface area contributed by atoms with Crippen LogP contribution in [0.1, 0.15) is 89.0 Å². The monoisotopic (exact) mass is 394 g/mol. The Morgan fingerprint density at radius 2 is 1.70 bits per heavy atom. The molecule has 0 unspecified atom stereocenters. The smallest absolute Gasteiger partial charge is 0.228 e. The zero-order valence-corrected chi connectivity index (χ0v) is 19.2. The highest BCUT2D eigenvalue weighted by Crippen LogP contribution is 2.45. The van der Waals surface area contributed by atoms with E-state index in [2.05, 4.69) is 20.8 Å². The minimum atomic E-state index is -1.84. The summed E-state index contributed by atoms with van der Waals surface area (Å²) in [5, 5.41) is 0. The summed E-state index contributed by atoms with van der Waals surface area (Å²) in [6.45, 7) is 8.79. The highest BCUT2D eigenvalue weighted by Gasteiger charge is 2.46. The molecule has 1 aliphatic rings. The topological polar surface area (TPSA) is 55.6 Å². The largest absolute Gasteiger partial charge is 0.421 e. The highest BCUT2D eigenvalue weighted by molar-refractivity contribution is 6.73. The number of hydrogen-bond donors (Lipinski definition) is 0. The van der Waals surface area contributed by atoms with E-state index in [1.807, 2.05) is 25.9 Å². The van der Waals surface area contributed by atoms with Crippen LogP contribution >= 0.6 is 0 Å². The van der Waals surface area contributed by atoms with Crippen LogP contribution < -0.4 is 4.90 Å².